The van der Waals surface area contributed by atoms with E-state index in [9.17, 15) is 15.2 Å². The molecule has 1 aromatic heterocycles. The van der Waals surface area contributed by atoms with Crippen molar-refractivity contribution in [3.8, 4) is 11.5 Å². The number of ether oxygens (including phenoxy) is 1. The molecule has 0 unspecified atom stereocenters. The highest BCUT2D eigenvalue weighted by Crippen LogP contribution is 2.36. The van der Waals surface area contributed by atoms with Crippen molar-refractivity contribution in [3.63, 3.8) is 0 Å². The SMILES string of the molecule is CCOc1cc(/C=N\n2c(SC)nnc2C(C)C)cc([N+](=O)[O-])c1O. The minimum absolute atomic E-state index is 0.0380. The van der Waals surface area contributed by atoms with Gasteiger partial charge in [0, 0.05) is 17.5 Å². The number of hydrogen-bond donors (Lipinski definition) is 1. The lowest BCUT2D eigenvalue weighted by Gasteiger charge is -2.08. The van der Waals surface area contributed by atoms with E-state index in [4.69, 9.17) is 4.74 Å². The van der Waals surface area contributed by atoms with Gasteiger partial charge in [-0.05, 0) is 19.2 Å². The molecular formula is C15H19N5O4S. The molecule has 0 aliphatic rings. The normalized spacial score (nSPS) is 11.4. The first-order valence-electron chi connectivity index (χ1n) is 7.56. The molecule has 0 aliphatic carbocycles. The number of hydrogen-bond acceptors (Lipinski definition) is 8. The number of aromatic hydroxyl groups is 1. The Morgan fingerprint density at radius 1 is 1.48 bits per heavy atom. The summed E-state index contributed by atoms with van der Waals surface area (Å²) < 4.78 is 6.85. The third-order valence-corrected chi connectivity index (χ3v) is 3.85. The summed E-state index contributed by atoms with van der Waals surface area (Å²) in [6, 6.07) is 2.73. The second-order valence-electron chi connectivity index (χ2n) is 5.33. The van der Waals surface area contributed by atoms with Crippen LogP contribution in [0.25, 0.3) is 0 Å². The van der Waals surface area contributed by atoms with Gasteiger partial charge >= 0.3 is 5.69 Å². The zero-order valence-corrected chi connectivity index (χ0v) is 15.1. The summed E-state index contributed by atoms with van der Waals surface area (Å²) in [6.07, 6.45) is 3.31. The molecule has 2 rings (SSSR count). The quantitative estimate of drug-likeness (QED) is 0.347. The minimum Gasteiger partial charge on any atom is -0.500 e. The molecule has 10 heteroatoms. The molecular weight excluding hydrogens is 346 g/mol. The molecule has 0 amide bonds. The molecule has 0 atom stereocenters. The van der Waals surface area contributed by atoms with Crippen molar-refractivity contribution >= 4 is 23.7 Å². The van der Waals surface area contributed by atoms with Crippen molar-refractivity contribution in [2.24, 2.45) is 5.10 Å². The van der Waals surface area contributed by atoms with Gasteiger partial charge in [-0.3, -0.25) is 10.1 Å². The number of nitro benzene ring substituents is 1. The van der Waals surface area contributed by atoms with Gasteiger partial charge in [0.1, 0.15) is 0 Å². The Balaban J connectivity index is 2.48. The summed E-state index contributed by atoms with van der Waals surface area (Å²) in [5.41, 5.74) is -0.0197. The number of benzene rings is 1. The van der Waals surface area contributed by atoms with E-state index >= 15 is 0 Å². The first-order chi connectivity index (χ1) is 11.9. The monoisotopic (exact) mass is 365 g/mol. The smallest absolute Gasteiger partial charge is 0.315 e. The fraction of sp³-hybridized carbons (Fsp3) is 0.400. The highest BCUT2D eigenvalue weighted by Gasteiger charge is 2.20. The van der Waals surface area contributed by atoms with Crippen LogP contribution in [0.15, 0.2) is 22.4 Å². The van der Waals surface area contributed by atoms with Crippen LogP contribution in [0.4, 0.5) is 5.69 Å². The molecule has 134 valence electrons. The Labute approximate surface area is 148 Å². The van der Waals surface area contributed by atoms with Crippen LogP contribution in [-0.4, -0.2) is 44.0 Å². The van der Waals surface area contributed by atoms with Crippen molar-refractivity contribution in [2.45, 2.75) is 31.8 Å². The summed E-state index contributed by atoms with van der Waals surface area (Å²) in [4.78, 5) is 10.5. The Kier molecular flexibility index (Phi) is 5.97. The minimum atomic E-state index is -0.666. The van der Waals surface area contributed by atoms with Gasteiger partial charge in [0.25, 0.3) is 0 Å². The third-order valence-electron chi connectivity index (χ3n) is 3.23. The van der Waals surface area contributed by atoms with E-state index in [1.165, 1.54) is 30.1 Å². The summed E-state index contributed by atoms with van der Waals surface area (Å²) in [5.74, 6) is 0.328. The molecule has 25 heavy (non-hydrogen) atoms. The zero-order chi connectivity index (χ0) is 18.6. The number of thioether (sulfide) groups is 1. The summed E-state index contributed by atoms with van der Waals surface area (Å²) in [5, 5.41) is 34.2. The van der Waals surface area contributed by atoms with Gasteiger partial charge in [0.2, 0.25) is 10.9 Å². The van der Waals surface area contributed by atoms with Crippen LogP contribution in [0, 0.1) is 10.1 Å². The molecule has 0 saturated carbocycles. The molecule has 1 N–H and O–H groups in total. The van der Waals surface area contributed by atoms with E-state index in [-0.39, 0.29) is 18.3 Å². The van der Waals surface area contributed by atoms with Crippen LogP contribution in [-0.2, 0) is 0 Å². The van der Waals surface area contributed by atoms with Crippen LogP contribution in [0.5, 0.6) is 11.5 Å². The largest absolute Gasteiger partial charge is 0.500 e. The standard InChI is InChI=1S/C15H19N5O4S/c1-5-24-12-7-10(6-11(13(12)21)20(22)23)8-16-19-14(9(2)3)17-18-15(19)25-4/h6-9,21H,5H2,1-4H3/b16-8-. The lowest BCUT2D eigenvalue weighted by molar-refractivity contribution is -0.386. The van der Waals surface area contributed by atoms with Gasteiger partial charge < -0.3 is 9.84 Å². The molecule has 0 radical (unpaired) electrons. The number of phenolic OH excluding ortho intramolecular Hbond substituents is 1. The van der Waals surface area contributed by atoms with E-state index in [0.717, 1.165) is 0 Å². The second kappa shape index (κ2) is 7.97. The van der Waals surface area contributed by atoms with Crippen molar-refractivity contribution < 1.29 is 14.8 Å². The van der Waals surface area contributed by atoms with E-state index < -0.39 is 16.4 Å². The van der Waals surface area contributed by atoms with E-state index in [1.807, 2.05) is 20.1 Å². The predicted octanol–water partition coefficient (Wildman–Crippen LogP) is 3.02. The van der Waals surface area contributed by atoms with Gasteiger partial charge in [0.15, 0.2) is 11.6 Å². The maximum Gasteiger partial charge on any atom is 0.315 e. The number of phenols is 1. The molecule has 0 spiro atoms. The summed E-state index contributed by atoms with van der Waals surface area (Å²) >= 11 is 1.39. The maximum absolute atomic E-state index is 11.1. The van der Waals surface area contributed by atoms with Crippen LogP contribution < -0.4 is 4.74 Å². The molecule has 0 bridgehead atoms. The van der Waals surface area contributed by atoms with Gasteiger partial charge in [-0.15, -0.1) is 10.2 Å². The fourth-order valence-corrected chi connectivity index (χ4v) is 2.53. The Morgan fingerprint density at radius 2 is 2.20 bits per heavy atom. The number of nitro groups is 1. The van der Waals surface area contributed by atoms with E-state index in [2.05, 4.69) is 15.3 Å². The van der Waals surface area contributed by atoms with Crippen LogP contribution in [0.1, 0.15) is 38.1 Å². The molecule has 0 fully saturated rings. The molecule has 1 heterocycles. The predicted molar refractivity (Wildman–Crippen MR) is 94.8 cm³/mol. The lowest BCUT2D eigenvalue weighted by atomic mass is 10.2. The van der Waals surface area contributed by atoms with Gasteiger partial charge in [-0.2, -0.15) is 9.78 Å². The van der Waals surface area contributed by atoms with Crippen molar-refractivity contribution in [3.05, 3.63) is 33.6 Å². The first-order valence-corrected chi connectivity index (χ1v) is 8.79. The van der Waals surface area contributed by atoms with Crippen LogP contribution in [0.2, 0.25) is 0 Å². The average molecular weight is 365 g/mol. The summed E-state index contributed by atoms with van der Waals surface area (Å²) in [7, 11) is 0. The first kappa shape index (κ1) is 18.7. The van der Waals surface area contributed by atoms with Crippen molar-refractivity contribution in [1.29, 1.82) is 0 Å². The topological polar surface area (TPSA) is 116 Å². The molecule has 2 aromatic rings. The molecule has 1 aromatic carbocycles. The van der Waals surface area contributed by atoms with E-state index in [1.54, 1.807) is 11.6 Å². The van der Waals surface area contributed by atoms with Gasteiger partial charge in [-0.25, -0.2) is 0 Å². The van der Waals surface area contributed by atoms with Crippen molar-refractivity contribution in [1.82, 2.24) is 14.9 Å². The zero-order valence-electron chi connectivity index (χ0n) is 14.3. The van der Waals surface area contributed by atoms with E-state index in [0.29, 0.717) is 16.5 Å². The second-order valence-corrected chi connectivity index (χ2v) is 6.11. The van der Waals surface area contributed by atoms with Crippen LogP contribution >= 0.6 is 11.8 Å². The Hall–Kier alpha value is -2.62. The fourth-order valence-electron chi connectivity index (χ4n) is 2.09. The van der Waals surface area contributed by atoms with Crippen LogP contribution in [0.3, 0.4) is 0 Å². The van der Waals surface area contributed by atoms with Gasteiger partial charge in [-0.1, -0.05) is 25.6 Å². The summed E-state index contributed by atoms with van der Waals surface area (Å²) in [6.45, 7) is 5.94. The van der Waals surface area contributed by atoms with Crippen molar-refractivity contribution in [2.75, 3.05) is 12.9 Å². The molecule has 0 aliphatic heterocycles. The lowest BCUT2D eigenvalue weighted by Crippen LogP contribution is -2.02. The number of nitrogens with zero attached hydrogens (tertiary/aromatic N) is 5. The Morgan fingerprint density at radius 3 is 2.76 bits per heavy atom. The van der Waals surface area contributed by atoms with Gasteiger partial charge in [0.05, 0.1) is 17.7 Å². The Bertz CT molecular complexity index is 803. The average Bonchev–Trinajstić information content (AvgIpc) is 2.98. The third kappa shape index (κ3) is 4.08. The molecule has 9 nitrogen and oxygen atoms in total. The highest BCUT2D eigenvalue weighted by atomic mass is 32.2. The maximum atomic E-state index is 11.1. The number of rotatable bonds is 7. The molecule has 0 saturated heterocycles. The highest BCUT2D eigenvalue weighted by molar-refractivity contribution is 7.98. The number of aromatic nitrogens is 3.